The predicted octanol–water partition coefficient (Wildman–Crippen LogP) is 6.23. The maximum absolute atomic E-state index is 13.4. The van der Waals surface area contributed by atoms with Crippen molar-refractivity contribution in [1.82, 2.24) is 5.32 Å². The number of alkyl carbamates (subject to hydrolysis) is 1. The minimum Gasteiger partial charge on any atom is -0.497 e. The number of thioether (sulfide) groups is 1. The van der Waals surface area contributed by atoms with Crippen molar-refractivity contribution < 1.29 is 33.3 Å². The van der Waals surface area contributed by atoms with Crippen LogP contribution in [0, 0.1) is 0 Å². The maximum atomic E-state index is 13.4. The molecule has 0 heterocycles. The number of hydrogen-bond acceptors (Lipinski definition) is 8. The Morgan fingerprint density at radius 1 is 0.810 bits per heavy atom. The van der Waals surface area contributed by atoms with Crippen molar-refractivity contribution >= 4 is 29.8 Å². The molecule has 0 saturated heterocycles. The van der Waals surface area contributed by atoms with E-state index < -0.39 is 34.9 Å². The molecule has 3 aromatic rings. The van der Waals surface area contributed by atoms with Crippen LogP contribution in [-0.4, -0.2) is 42.0 Å². The van der Waals surface area contributed by atoms with Crippen molar-refractivity contribution in [2.75, 3.05) is 7.11 Å². The normalized spacial score (nSPS) is 12.7. The predicted molar refractivity (Wildman–Crippen MR) is 163 cm³/mol. The van der Waals surface area contributed by atoms with Gasteiger partial charge < -0.3 is 24.3 Å². The van der Waals surface area contributed by atoms with E-state index in [1.807, 2.05) is 84.9 Å². The van der Waals surface area contributed by atoms with Gasteiger partial charge in [-0.1, -0.05) is 78.9 Å². The lowest BCUT2D eigenvalue weighted by Crippen LogP contribution is -2.46. The van der Waals surface area contributed by atoms with Gasteiger partial charge in [-0.25, -0.2) is 9.59 Å². The van der Waals surface area contributed by atoms with Crippen LogP contribution < -0.4 is 10.1 Å². The van der Waals surface area contributed by atoms with Crippen molar-refractivity contribution in [2.45, 2.75) is 56.6 Å². The minimum atomic E-state index is -0.948. The van der Waals surface area contributed by atoms with Crippen LogP contribution in [0.5, 0.6) is 5.75 Å². The zero-order chi connectivity index (χ0) is 30.4. The molecule has 3 rings (SSSR count). The molecule has 0 saturated carbocycles. The molecular weight excluding hydrogens is 554 g/mol. The number of nitrogens with one attached hydrogen (secondary N) is 1. The molecule has 0 unspecified atom stereocenters. The Balaban J connectivity index is 1.80. The van der Waals surface area contributed by atoms with E-state index in [-0.39, 0.29) is 13.2 Å². The lowest BCUT2D eigenvalue weighted by molar-refractivity contribution is -0.154. The van der Waals surface area contributed by atoms with Crippen molar-refractivity contribution in [2.24, 2.45) is 0 Å². The third-order valence-corrected chi connectivity index (χ3v) is 7.06. The van der Waals surface area contributed by atoms with E-state index in [0.717, 1.165) is 16.7 Å². The van der Waals surface area contributed by atoms with E-state index in [9.17, 15) is 14.4 Å². The van der Waals surface area contributed by atoms with Gasteiger partial charge in [-0.2, -0.15) is 0 Å². The second-order valence-corrected chi connectivity index (χ2v) is 11.4. The number of amides is 1. The molecule has 0 bridgehead atoms. The van der Waals surface area contributed by atoms with Crippen LogP contribution in [0.15, 0.2) is 97.1 Å². The number of benzene rings is 3. The fourth-order valence-corrected chi connectivity index (χ4v) is 4.79. The average molecular weight is 592 g/mol. The van der Waals surface area contributed by atoms with Crippen LogP contribution in [-0.2, 0) is 42.8 Å². The first-order valence-electron chi connectivity index (χ1n) is 13.5. The van der Waals surface area contributed by atoms with E-state index in [1.165, 1.54) is 23.9 Å². The lowest BCUT2D eigenvalue weighted by atomic mass is 10.1. The van der Waals surface area contributed by atoms with E-state index >= 15 is 0 Å². The van der Waals surface area contributed by atoms with Gasteiger partial charge in [0.1, 0.15) is 29.8 Å². The second kappa shape index (κ2) is 16.3. The molecule has 0 spiro atoms. The van der Waals surface area contributed by atoms with Gasteiger partial charge in [0, 0.05) is 11.8 Å². The molecule has 0 aliphatic rings. The number of methoxy groups -OCH3 is 1. The van der Waals surface area contributed by atoms with Crippen LogP contribution in [0.2, 0.25) is 0 Å². The lowest BCUT2D eigenvalue weighted by Gasteiger charge is -2.28. The van der Waals surface area contributed by atoms with E-state index in [1.54, 1.807) is 27.9 Å². The molecule has 0 aliphatic carbocycles. The van der Waals surface area contributed by atoms with Crippen LogP contribution in [0.4, 0.5) is 4.79 Å². The summed E-state index contributed by atoms with van der Waals surface area (Å²) in [7, 11) is 1.59. The van der Waals surface area contributed by atoms with Crippen molar-refractivity contribution in [3.63, 3.8) is 0 Å². The van der Waals surface area contributed by atoms with Gasteiger partial charge in [-0.3, -0.25) is 4.79 Å². The smallest absolute Gasteiger partial charge is 0.407 e. The Morgan fingerprint density at radius 2 is 1.38 bits per heavy atom. The zero-order valence-electron chi connectivity index (χ0n) is 24.3. The van der Waals surface area contributed by atoms with Gasteiger partial charge in [0.05, 0.1) is 13.2 Å². The van der Waals surface area contributed by atoms with Gasteiger partial charge in [0.2, 0.25) is 0 Å². The van der Waals surface area contributed by atoms with Crippen LogP contribution >= 0.6 is 11.8 Å². The molecule has 0 radical (unpaired) electrons. The summed E-state index contributed by atoms with van der Waals surface area (Å²) in [6, 6.07) is 25.0. The quantitative estimate of drug-likeness (QED) is 0.142. The summed E-state index contributed by atoms with van der Waals surface area (Å²) in [6.45, 7) is 5.43. The summed E-state index contributed by atoms with van der Waals surface area (Å²) in [4.78, 5) is 38.9. The number of carbonyl (C=O) groups is 3. The molecule has 0 aromatic heterocycles. The summed E-state index contributed by atoms with van der Waals surface area (Å²) >= 11 is 1.27. The van der Waals surface area contributed by atoms with Gasteiger partial charge in [0.15, 0.2) is 0 Å². The van der Waals surface area contributed by atoms with Crippen molar-refractivity contribution in [3.8, 4) is 5.75 Å². The molecular formula is C33H37NO7S. The largest absolute Gasteiger partial charge is 0.497 e. The molecule has 0 aliphatic heterocycles. The summed E-state index contributed by atoms with van der Waals surface area (Å²) in [5.41, 5.74) is 1.81. The van der Waals surface area contributed by atoms with Crippen LogP contribution in [0.25, 0.3) is 0 Å². The molecule has 2 atom stereocenters. The Morgan fingerprint density at radius 3 is 1.93 bits per heavy atom. The zero-order valence-corrected chi connectivity index (χ0v) is 25.1. The minimum absolute atomic E-state index is 0.0400. The number of ether oxygens (including phenoxy) is 4. The number of carbonyl (C=O) groups excluding carboxylic acids is 3. The first-order valence-corrected chi connectivity index (χ1v) is 14.5. The Labute approximate surface area is 251 Å². The summed E-state index contributed by atoms with van der Waals surface area (Å²) < 4.78 is 21.7. The fourth-order valence-electron chi connectivity index (χ4n) is 3.67. The molecule has 0 fully saturated rings. The highest BCUT2D eigenvalue weighted by molar-refractivity contribution is 7.99. The van der Waals surface area contributed by atoms with Gasteiger partial charge in [-0.15, -0.1) is 11.8 Å². The van der Waals surface area contributed by atoms with Gasteiger partial charge in [-0.05, 0) is 49.6 Å². The summed E-state index contributed by atoms with van der Waals surface area (Å²) in [5, 5.41) is 1.83. The molecule has 8 nitrogen and oxygen atoms in total. The van der Waals surface area contributed by atoms with Crippen LogP contribution in [0.1, 0.15) is 37.5 Å². The van der Waals surface area contributed by atoms with Crippen molar-refractivity contribution in [3.05, 3.63) is 114 Å². The van der Waals surface area contributed by atoms with Crippen molar-refractivity contribution in [1.29, 1.82) is 0 Å². The molecule has 1 amide bonds. The maximum Gasteiger partial charge on any atom is 0.407 e. The highest BCUT2D eigenvalue weighted by atomic mass is 32.2. The molecule has 42 heavy (non-hydrogen) atoms. The summed E-state index contributed by atoms with van der Waals surface area (Å²) in [5.74, 6) is -0.0228. The molecule has 9 heteroatoms. The number of esters is 2. The second-order valence-electron chi connectivity index (χ2n) is 10.3. The first kappa shape index (κ1) is 32.3. The summed E-state index contributed by atoms with van der Waals surface area (Å²) in [6.07, 6.45) is 1.90. The number of rotatable bonds is 13. The highest BCUT2D eigenvalue weighted by Gasteiger charge is 2.33. The fraction of sp³-hybridized carbons (Fsp3) is 0.303. The topological polar surface area (TPSA) is 100 Å². The highest BCUT2D eigenvalue weighted by Crippen LogP contribution is 2.26. The number of hydrogen-bond donors (Lipinski definition) is 1. The third-order valence-electron chi connectivity index (χ3n) is 5.71. The molecule has 3 aromatic carbocycles. The van der Waals surface area contributed by atoms with Crippen LogP contribution in [0.3, 0.4) is 0 Å². The Bertz CT molecular complexity index is 1310. The SMILES string of the molecule is COc1ccc(CS[C@H](C(=O)OC(C)(C)C)[C@H](/C=C/C(=O)OCc2ccccc2)NC(=O)OCc2ccccc2)cc1. The standard InChI is InChI=1S/C33H37NO7S/c1-33(2,3)41-31(36)30(42-23-26-15-17-27(38-4)18-16-26)28(34-32(37)40-22-25-13-9-6-10-14-25)19-20-29(35)39-21-24-11-7-5-8-12-24/h5-20,28,30H,21-23H2,1-4H3,(H,34,37)/b20-19+/t28-,30-/m0/s1. The average Bonchev–Trinajstić information content (AvgIpc) is 2.98. The van der Waals surface area contributed by atoms with E-state index in [4.69, 9.17) is 18.9 Å². The van der Waals surface area contributed by atoms with Gasteiger partial charge in [0.25, 0.3) is 0 Å². The van der Waals surface area contributed by atoms with Gasteiger partial charge >= 0.3 is 18.0 Å². The Hall–Kier alpha value is -4.24. The van der Waals surface area contributed by atoms with E-state index in [0.29, 0.717) is 11.5 Å². The molecule has 222 valence electrons. The third kappa shape index (κ3) is 11.7. The Kier molecular flexibility index (Phi) is 12.5. The monoisotopic (exact) mass is 591 g/mol. The van der Waals surface area contributed by atoms with E-state index in [2.05, 4.69) is 5.32 Å². The molecule has 1 N–H and O–H groups in total. The first-order chi connectivity index (χ1) is 20.1.